The van der Waals surface area contributed by atoms with Crippen LogP contribution in [0.3, 0.4) is 0 Å². The minimum absolute atomic E-state index is 0.162. The standard InChI is InChI=1S/C16H12ClFN2O2S/c17-12-5-7-13(8-6-12)21-9-15-19-20-16(22-15)23-10-11-3-1-2-4-14(11)18/h1-8H,9-10H2. The Morgan fingerprint density at radius 2 is 1.87 bits per heavy atom. The molecule has 3 aromatic rings. The van der Waals surface area contributed by atoms with Crippen molar-refractivity contribution < 1.29 is 13.5 Å². The third-order valence-electron chi connectivity index (χ3n) is 2.93. The molecular weight excluding hydrogens is 339 g/mol. The fourth-order valence-electron chi connectivity index (χ4n) is 1.79. The predicted molar refractivity (Wildman–Crippen MR) is 86.0 cm³/mol. The molecule has 0 amide bonds. The number of benzene rings is 2. The molecule has 2 aromatic carbocycles. The largest absolute Gasteiger partial charge is 0.484 e. The van der Waals surface area contributed by atoms with Crippen LogP contribution in [0.1, 0.15) is 11.5 Å². The molecule has 0 aliphatic rings. The smallest absolute Gasteiger partial charge is 0.277 e. The van der Waals surface area contributed by atoms with E-state index in [-0.39, 0.29) is 12.4 Å². The molecule has 0 saturated carbocycles. The summed E-state index contributed by atoms with van der Waals surface area (Å²) < 4.78 is 24.5. The molecule has 7 heteroatoms. The molecule has 0 fully saturated rings. The van der Waals surface area contributed by atoms with Gasteiger partial charge in [0.05, 0.1) is 0 Å². The molecule has 0 aliphatic carbocycles. The van der Waals surface area contributed by atoms with E-state index >= 15 is 0 Å². The molecule has 0 bridgehead atoms. The fourth-order valence-corrected chi connectivity index (χ4v) is 2.68. The van der Waals surface area contributed by atoms with Gasteiger partial charge in [-0.3, -0.25) is 0 Å². The molecule has 0 atom stereocenters. The van der Waals surface area contributed by atoms with E-state index in [4.69, 9.17) is 20.8 Å². The van der Waals surface area contributed by atoms with Crippen LogP contribution in [0.5, 0.6) is 5.75 Å². The molecule has 0 unspecified atom stereocenters. The molecule has 4 nitrogen and oxygen atoms in total. The summed E-state index contributed by atoms with van der Waals surface area (Å²) in [6.07, 6.45) is 0. The number of hydrogen-bond donors (Lipinski definition) is 0. The van der Waals surface area contributed by atoms with Crippen molar-refractivity contribution >= 4 is 23.4 Å². The maximum absolute atomic E-state index is 13.5. The fraction of sp³-hybridized carbons (Fsp3) is 0.125. The summed E-state index contributed by atoms with van der Waals surface area (Å²) in [7, 11) is 0. The minimum atomic E-state index is -0.245. The highest BCUT2D eigenvalue weighted by Crippen LogP contribution is 2.23. The summed E-state index contributed by atoms with van der Waals surface area (Å²) in [5.41, 5.74) is 0.592. The second kappa shape index (κ2) is 7.48. The van der Waals surface area contributed by atoms with Crippen LogP contribution < -0.4 is 4.74 Å². The average Bonchev–Trinajstić information content (AvgIpc) is 3.02. The van der Waals surface area contributed by atoms with Crippen LogP contribution in [0.2, 0.25) is 5.02 Å². The summed E-state index contributed by atoms with van der Waals surface area (Å²) in [6, 6.07) is 13.6. The molecule has 0 saturated heterocycles. The zero-order chi connectivity index (χ0) is 16.1. The van der Waals surface area contributed by atoms with E-state index in [2.05, 4.69) is 10.2 Å². The van der Waals surface area contributed by atoms with E-state index in [0.29, 0.717) is 33.2 Å². The highest BCUT2D eigenvalue weighted by molar-refractivity contribution is 7.98. The number of thioether (sulfide) groups is 1. The first-order chi connectivity index (χ1) is 11.2. The van der Waals surface area contributed by atoms with Crippen LogP contribution in [0.4, 0.5) is 4.39 Å². The highest BCUT2D eigenvalue weighted by Gasteiger charge is 2.09. The molecule has 0 radical (unpaired) electrons. The Balaban J connectivity index is 1.53. The molecule has 23 heavy (non-hydrogen) atoms. The first kappa shape index (κ1) is 15.8. The average molecular weight is 351 g/mol. The Morgan fingerprint density at radius 3 is 2.65 bits per heavy atom. The Kier molecular flexibility index (Phi) is 5.15. The lowest BCUT2D eigenvalue weighted by atomic mass is 10.2. The lowest BCUT2D eigenvalue weighted by Gasteiger charge is -2.02. The predicted octanol–water partition coefficient (Wildman–Crippen LogP) is 4.73. The van der Waals surface area contributed by atoms with E-state index < -0.39 is 0 Å². The molecule has 1 aromatic heterocycles. The zero-order valence-electron chi connectivity index (χ0n) is 11.9. The van der Waals surface area contributed by atoms with E-state index in [0.717, 1.165) is 0 Å². The van der Waals surface area contributed by atoms with E-state index in [1.807, 2.05) is 0 Å². The van der Waals surface area contributed by atoms with Crippen LogP contribution in [-0.4, -0.2) is 10.2 Å². The highest BCUT2D eigenvalue weighted by atomic mass is 35.5. The molecular formula is C16H12ClFN2O2S. The number of ether oxygens (including phenoxy) is 1. The first-order valence-electron chi connectivity index (χ1n) is 6.77. The van der Waals surface area contributed by atoms with Gasteiger partial charge in [-0.25, -0.2) is 4.39 Å². The summed E-state index contributed by atoms with van der Waals surface area (Å²) in [4.78, 5) is 0. The maximum atomic E-state index is 13.5. The second-order valence-electron chi connectivity index (χ2n) is 4.58. The topological polar surface area (TPSA) is 48.2 Å². The summed E-state index contributed by atoms with van der Waals surface area (Å²) >= 11 is 7.08. The maximum Gasteiger partial charge on any atom is 0.277 e. The van der Waals surface area contributed by atoms with Crippen molar-refractivity contribution in [2.24, 2.45) is 0 Å². The molecule has 0 aliphatic heterocycles. The van der Waals surface area contributed by atoms with E-state index in [9.17, 15) is 4.39 Å². The Hall–Kier alpha value is -2.05. The van der Waals surface area contributed by atoms with Crippen molar-refractivity contribution in [1.29, 1.82) is 0 Å². The van der Waals surface area contributed by atoms with Crippen molar-refractivity contribution in [3.8, 4) is 5.75 Å². The lowest BCUT2D eigenvalue weighted by Crippen LogP contribution is -1.95. The minimum Gasteiger partial charge on any atom is -0.484 e. The van der Waals surface area contributed by atoms with Crippen molar-refractivity contribution in [3.63, 3.8) is 0 Å². The van der Waals surface area contributed by atoms with Crippen molar-refractivity contribution in [2.75, 3.05) is 0 Å². The van der Waals surface area contributed by atoms with Gasteiger partial charge in [0.15, 0.2) is 6.61 Å². The van der Waals surface area contributed by atoms with Crippen molar-refractivity contribution in [3.05, 3.63) is 70.8 Å². The third kappa shape index (κ3) is 4.46. The van der Waals surface area contributed by atoms with E-state index in [1.54, 1.807) is 42.5 Å². The molecule has 0 spiro atoms. The summed E-state index contributed by atoms with van der Waals surface area (Å²) in [6.45, 7) is 0.162. The number of nitrogens with zero attached hydrogens (tertiary/aromatic N) is 2. The van der Waals surface area contributed by atoms with Crippen molar-refractivity contribution in [2.45, 2.75) is 17.6 Å². The van der Waals surface area contributed by atoms with Gasteiger partial charge in [0.25, 0.3) is 11.1 Å². The first-order valence-corrected chi connectivity index (χ1v) is 8.14. The van der Waals surface area contributed by atoms with E-state index in [1.165, 1.54) is 17.8 Å². The Labute approximate surface area is 141 Å². The van der Waals surface area contributed by atoms with Crippen molar-refractivity contribution in [1.82, 2.24) is 10.2 Å². The van der Waals surface area contributed by atoms with Gasteiger partial charge in [0.1, 0.15) is 11.6 Å². The van der Waals surface area contributed by atoms with Crippen LogP contribution >= 0.6 is 23.4 Å². The Morgan fingerprint density at radius 1 is 1.09 bits per heavy atom. The quantitative estimate of drug-likeness (QED) is 0.601. The van der Waals surface area contributed by atoms with Gasteiger partial charge < -0.3 is 9.15 Å². The molecule has 3 rings (SSSR count). The monoisotopic (exact) mass is 350 g/mol. The number of hydrogen-bond acceptors (Lipinski definition) is 5. The lowest BCUT2D eigenvalue weighted by molar-refractivity contribution is 0.252. The van der Waals surface area contributed by atoms with Gasteiger partial charge in [0, 0.05) is 10.8 Å². The number of halogens is 2. The zero-order valence-corrected chi connectivity index (χ0v) is 13.5. The van der Waals surface area contributed by atoms with Gasteiger partial charge in [-0.05, 0) is 35.9 Å². The van der Waals surface area contributed by atoms with Gasteiger partial charge in [0.2, 0.25) is 0 Å². The van der Waals surface area contributed by atoms with Gasteiger partial charge in [-0.15, -0.1) is 10.2 Å². The Bertz CT molecular complexity index is 780. The van der Waals surface area contributed by atoms with Crippen LogP contribution in [0, 0.1) is 5.82 Å². The van der Waals surface area contributed by atoms with Gasteiger partial charge in [-0.2, -0.15) is 0 Å². The number of rotatable bonds is 6. The van der Waals surface area contributed by atoms with Crippen LogP contribution in [0.15, 0.2) is 58.2 Å². The molecule has 0 N–H and O–H groups in total. The molecule has 118 valence electrons. The summed E-state index contributed by atoms with van der Waals surface area (Å²) in [5, 5.41) is 8.83. The van der Waals surface area contributed by atoms with Gasteiger partial charge in [-0.1, -0.05) is 41.6 Å². The number of aromatic nitrogens is 2. The van der Waals surface area contributed by atoms with Crippen LogP contribution in [0.25, 0.3) is 0 Å². The van der Waals surface area contributed by atoms with Crippen LogP contribution in [-0.2, 0) is 12.4 Å². The second-order valence-corrected chi connectivity index (χ2v) is 5.95. The normalized spacial score (nSPS) is 10.7. The van der Waals surface area contributed by atoms with Gasteiger partial charge >= 0.3 is 0 Å². The SMILES string of the molecule is Fc1ccccc1CSc1nnc(COc2ccc(Cl)cc2)o1. The summed E-state index contributed by atoms with van der Waals surface area (Å²) in [5.74, 6) is 1.20. The third-order valence-corrected chi connectivity index (χ3v) is 4.05. The molecule has 1 heterocycles.